The molecule has 0 amide bonds. The number of aliphatic hydroxyl groups is 1. The zero-order valence-electron chi connectivity index (χ0n) is 14.4. The molecular weight excluding hydrogens is 306 g/mol. The van der Waals surface area contributed by atoms with Gasteiger partial charge < -0.3 is 25.1 Å². The summed E-state index contributed by atoms with van der Waals surface area (Å²) >= 11 is 0. The Labute approximate surface area is 136 Å². The van der Waals surface area contributed by atoms with E-state index in [1.165, 1.54) is 13.8 Å². The first-order chi connectivity index (χ1) is 10.5. The maximum atomic E-state index is 11.9. The van der Waals surface area contributed by atoms with Crippen molar-refractivity contribution in [2.24, 2.45) is 5.73 Å². The third kappa shape index (κ3) is 6.96. The molecule has 23 heavy (non-hydrogen) atoms. The summed E-state index contributed by atoms with van der Waals surface area (Å²) in [4.78, 5) is 35.5. The summed E-state index contributed by atoms with van der Waals surface area (Å²) in [7, 11) is 0. The number of carbonyl (C=O) groups is 3. The van der Waals surface area contributed by atoms with Gasteiger partial charge in [-0.2, -0.15) is 0 Å². The second kappa shape index (κ2) is 8.83. The molecule has 0 aliphatic heterocycles. The molecule has 0 heterocycles. The van der Waals surface area contributed by atoms with Gasteiger partial charge in [0.2, 0.25) is 0 Å². The van der Waals surface area contributed by atoms with Gasteiger partial charge in [-0.05, 0) is 41.0 Å². The van der Waals surface area contributed by atoms with Gasteiger partial charge in [0.25, 0.3) is 5.60 Å². The van der Waals surface area contributed by atoms with Crippen LogP contribution in [0.1, 0.15) is 47.5 Å². The molecule has 0 aromatic heterocycles. The molecule has 0 aliphatic rings. The Bertz CT molecular complexity index is 410. The highest BCUT2D eigenvalue weighted by molar-refractivity contribution is 6.03. The first kappa shape index (κ1) is 21.3. The number of hydrogen-bond donors (Lipinski definition) is 2. The first-order valence-corrected chi connectivity index (χ1v) is 7.53. The van der Waals surface area contributed by atoms with E-state index in [9.17, 15) is 19.5 Å². The van der Waals surface area contributed by atoms with Crippen LogP contribution in [0.15, 0.2) is 0 Å². The summed E-state index contributed by atoms with van der Waals surface area (Å²) in [5, 5.41) is 10.3. The number of ether oxygens (including phenoxy) is 3. The number of nitrogens with two attached hydrogens (primary N) is 1. The lowest BCUT2D eigenvalue weighted by Gasteiger charge is -2.26. The highest BCUT2D eigenvalue weighted by Crippen LogP contribution is 2.20. The predicted octanol–water partition coefficient (Wildman–Crippen LogP) is 0.293. The summed E-state index contributed by atoms with van der Waals surface area (Å²) in [5.74, 6) is -2.95. The van der Waals surface area contributed by atoms with Gasteiger partial charge in [-0.1, -0.05) is 0 Å². The van der Waals surface area contributed by atoms with E-state index in [0.717, 1.165) is 0 Å². The molecule has 134 valence electrons. The molecule has 0 radical (unpaired) electrons. The molecule has 1 atom stereocenters. The normalized spacial score (nSPS) is 13.2. The number of esters is 3. The van der Waals surface area contributed by atoms with Crippen molar-refractivity contribution >= 4 is 17.9 Å². The highest BCUT2D eigenvalue weighted by Gasteiger charge is 2.47. The Hall–Kier alpha value is -1.67. The fourth-order valence-corrected chi connectivity index (χ4v) is 1.65. The fourth-order valence-electron chi connectivity index (χ4n) is 1.65. The van der Waals surface area contributed by atoms with Crippen LogP contribution >= 0.6 is 0 Å². The third-order valence-corrected chi connectivity index (χ3v) is 2.75. The molecule has 0 aromatic rings. The van der Waals surface area contributed by atoms with Crippen molar-refractivity contribution in [3.63, 3.8) is 0 Å². The molecule has 0 aromatic carbocycles. The van der Waals surface area contributed by atoms with Gasteiger partial charge in [0, 0.05) is 6.42 Å². The zero-order chi connectivity index (χ0) is 18.3. The van der Waals surface area contributed by atoms with E-state index in [-0.39, 0.29) is 19.6 Å². The minimum absolute atomic E-state index is 0.0152. The summed E-state index contributed by atoms with van der Waals surface area (Å²) < 4.78 is 14.5. The second-order valence-electron chi connectivity index (χ2n) is 5.98. The topological polar surface area (TPSA) is 125 Å². The van der Waals surface area contributed by atoms with Crippen molar-refractivity contribution in [3.05, 3.63) is 0 Å². The van der Waals surface area contributed by atoms with Gasteiger partial charge in [0.1, 0.15) is 11.6 Å². The van der Waals surface area contributed by atoms with Crippen LogP contribution in [-0.2, 0) is 28.6 Å². The van der Waals surface area contributed by atoms with Crippen molar-refractivity contribution in [1.82, 2.24) is 0 Å². The number of hydrogen-bond acceptors (Lipinski definition) is 8. The summed E-state index contributed by atoms with van der Waals surface area (Å²) in [6.45, 7) is 8.10. The van der Waals surface area contributed by atoms with Gasteiger partial charge in [-0.15, -0.1) is 0 Å². The van der Waals surface area contributed by atoms with Crippen LogP contribution in [-0.4, -0.2) is 53.5 Å². The van der Waals surface area contributed by atoms with Crippen molar-refractivity contribution in [3.8, 4) is 0 Å². The van der Waals surface area contributed by atoms with E-state index in [2.05, 4.69) is 0 Å². The van der Waals surface area contributed by atoms with Crippen molar-refractivity contribution in [2.75, 3.05) is 13.2 Å². The lowest BCUT2D eigenvalue weighted by Crippen LogP contribution is -2.50. The molecule has 0 bridgehead atoms. The summed E-state index contributed by atoms with van der Waals surface area (Å²) in [5.41, 5.74) is 2.48. The zero-order valence-corrected chi connectivity index (χ0v) is 14.4. The van der Waals surface area contributed by atoms with E-state index in [1.54, 1.807) is 20.8 Å². The molecule has 0 spiro atoms. The van der Waals surface area contributed by atoms with Crippen LogP contribution < -0.4 is 5.73 Å². The molecule has 3 N–H and O–H groups in total. The predicted molar refractivity (Wildman–Crippen MR) is 81.3 cm³/mol. The molecule has 8 nitrogen and oxygen atoms in total. The first-order valence-electron chi connectivity index (χ1n) is 7.53. The standard InChI is InChI=1S/C15H27NO7/c1-6-21-12(18)15(20,13(19)22-7-2)9-8-10(16)11(17)23-14(3,4)5/h10,20H,6-9,16H2,1-5H3. The average molecular weight is 333 g/mol. The fraction of sp³-hybridized carbons (Fsp3) is 0.800. The third-order valence-electron chi connectivity index (χ3n) is 2.75. The van der Waals surface area contributed by atoms with Crippen molar-refractivity contribution in [2.45, 2.75) is 64.7 Å². The summed E-state index contributed by atoms with van der Waals surface area (Å²) in [6.07, 6.45) is -0.561. The van der Waals surface area contributed by atoms with E-state index >= 15 is 0 Å². The van der Waals surface area contributed by atoms with Gasteiger partial charge >= 0.3 is 17.9 Å². The Kier molecular flexibility index (Phi) is 8.19. The quantitative estimate of drug-likeness (QED) is 0.369. The molecule has 0 fully saturated rings. The van der Waals surface area contributed by atoms with E-state index in [4.69, 9.17) is 19.9 Å². The van der Waals surface area contributed by atoms with Crippen molar-refractivity contribution < 1.29 is 33.7 Å². The smallest absolute Gasteiger partial charge is 0.350 e. The Morgan fingerprint density at radius 3 is 1.83 bits per heavy atom. The molecule has 1 unspecified atom stereocenters. The maximum Gasteiger partial charge on any atom is 0.350 e. The van der Waals surface area contributed by atoms with Gasteiger partial charge in [-0.25, -0.2) is 9.59 Å². The lowest BCUT2D eigenvalue weighted by atomic mass is 9.95. The van der Waals surface area contributed by atoms with Crippen LogP contribution in [0.25, 0.3) is 0 Å². The monoisotopic (exact) mass is 333 g/mol. The summed E-state index contributed by atoms with van der Waals surface area (Å²) in [6, 6.07) is -1.09. The van der Waals surface area contributed by atoms with Crippen LogP contribution in [0, 0.1) is 0 Å². The van der Waals surface area contributed by atoms with Gasteiger partial charge in [0.15, 0.2) is 0 Å². The van der Waals surface area contributed by atoms with E-state index in [1.807, 2.05) is 0 Å². The number of carbonyl (C=O) groups excluding carboxylic acids is 3. The van der Waals surface area contributed by atoms with Crippen LogP contribution in [0.5, 0.6) is 0 Å². The minimum atomic E-state index is -2.49. The van der Waals surface area contributed by atoms with Crippen LogP contribution in [0.4, 0.5) is 0 Å². The average Bonchev–Trinajstić information content (AvgIpc) is 2.42. The molecule has 0 aliphatic carbocycles. The van der Waals surface area contributed by atoms with Gasteiger partial charge in [0.05, 0.1) is 13.2 Å². The SMILES string of the molecule is CCOC(=O)C(O)(CCC(N)C(=O)OC(C)(C)C)C(=O)OCC. The van der Waals surface area contributed by atoms with Gasteiger partial charge in [-0.3, -0.25) is 4.79 Å². The van der Waals surface area contributed by atoms with E-state index in [0.29, 0.717) is 0 Å². The largest absolute Gasteiger partial charge is 0.463 e. The highest BCUT2D eigenvalue weighted by atomic mass is 16.6. The molecule has 8 heteroatoms. The Morgan fingerprint density at radius 1 is 1.04 bits per heavy atom. The Balaban J connectivity index is 4.94. The van der Waals surface area contributed by atoms with Crippen molar-refractivity contribution in [1.29, 1.82) is 0 Å². The number of rotatable bonds is 8. The van der Waals surface area contributed by atoms with Crippen LogP contribution in [0.3, 0.4) is 0 Å². The van der Waals surface area contributed by atoms with E-state index < -0.39 is 41.6 Å². The molecule has 0 saturated carbocycles. The minimum Gasteiger partial charge on any atom is -0.463 e. The molecule has 0 saturated heterocycles. The van der Waals surface area contributed by atoms with Crippen LogP contribution in [0.2, 0.25) is 0 Å². The lowest BCUT2D eigenvalue weighted by molar-refractivity contribution is -0.185. The molecular formula is C15H27NO7. The maximum absolute atomic E-state index is 11.9. The Morgan fingerprint density at radius 2 is 1.48 bits per heavy atom. The molecule has 0 rings (SSSR count). The second-order valence-corrected chi connectivity index (χ2v) is 5.98.